The van der Waals surface area contributed by atoms with Crippen molar-refractivity contribution in [3.8, 4) is 0 Å². The molecule has 4 rings (SSSR count). The summed E-state index contributed by atoms with van der Waals surface area (Å²) in [6.45, 7) is 0.587. The normalized spacial score (nSPS) is 11.2. The van der Waals surface area contributed by atoms with Gasteiger partial charge in [0.25, 0.3) is 0 Å². The number of nitrogens with two attached hydrogens (primary N) is 1. The van der Waals surface area contributed by atoms with Gasteiger partial charge in [0.15, 0.2) is 0 Å². The molecule has 2 N–H and O–H groups in total. The number of rotatable bonds is 3. The Labute approximate surface area is 143 Å². The topological polar surface area (TPSA) is 60.9 Å². The Morgan fingerprint density at radius 2 is 1.96 bits per heavy atom. The summed E-state index contributed by atoms with van der Waals surface area (Å²) < 4.78 is 2.12. The molecule has 0 saturated heterocycles. The van der Waals surface area contributed by atoms with Crippen LogP contribution in [0.25, 0.3) is 21.8 Å². The molecule has 0 saturated carbocycles. The number of hydrogen-bond donors (Lipinski definition) is 1. The number of amides is 1. The first kappa shape index (κ1) is 14.7. The average Bonchev–Trinajstić information content (AvgIpc) is 2.89. The van der Waals surface area contributed by atoms with Gasteiger partial charge < -0.3 is 10.3 Å². The Morgan fingerprint density at radius 3 is 2.71 bits per heavy atom. The summed E-state index contributed by atoms with van der Waals surface area (Å²) in [6.07, 6.45) is 1.77. The van der Waals surface area contributed by atoms with Gasteiger partial charge in [-0.1, -0.05) is 29.8 Å². The highest BCUT2D eigenvalue weighted by atomic mass is 35.5. The van der Waals surface area contributed by atoms with Crippen LogP contribution in [0.4, 0.5) is 0 Å². The lowest BCUT2D eigenvalue weighted by molar-refractivity contribution is 0.100. The van der Waals surface area contributed by atoms with Gasteiger partial charge in [-0.2, -0.15) is 0 Å². The molecule has 118 valence electrons. The van der Waals surface area contributed by atoms with Crippen LogP contribution in [0.15, 0.2) is 60.8 Å². The Hall–Kier alpha value is -2.85. The summed E-state index contributed by atoms with van der Waals surface area (Å²) in [5, 5.41) is 2.46. The second kappa shape index (κ2) is 5.65. The molecule has 2 aromatic carbocycles. The van der Waals surface area contributed by atoms with Crippen molar-refractivity contribution in [2.45, 2.75) is 6.54 Å². The Morgan fingerprint density at radius 1 is 1.08 bits per heavy atom. The highest BCUT2D eigenvalue weighted by Crippen LogP contribution is 2.33. The monoisotopic (exact) mass is 335 g/mol. The van der Waals surface area contributed by atoms with Crippen LogP contribution in [0.5, 0.6) is 0 Å². The molecule has 0 radical (unpaired) electrons. The third kappa shape index (κ3) is 2.32. The second-order valence-corrected chi connectivity index (χ2v) is 6.07. The van der Waals surface area contributed by atoms with E-state index in [9.17, 15) is 4.79 Å². The molecule has 0 aliphatic carbocycles. The Bertz CT molecular complexity index is 1070. The number of primary amides is 1. The Balaban J connectivity index is 2.08. The molecule has 24 heavy (non-hydrogen) atoms. The van der Waals surface area contributed by atoms with Gasteiger partial charge in [-0.05, 0) is 36.4 Å². The van der Waals surface area contributed by atoms with Crippen molar-refractivity contribution in [3.63, 3.8) is 0 Å². The molecule has 0 bridgehead atoms. The average molecular weight is 336 g/mol. The number of fused-ring (bicyclic) bond motifs is 3. The van der Waals surface area contributed by atoms with Gasteiger partial charge in [0.05, 0.1) is 23.3 Å². The van der Waals surface area contributed by atoms with Crippen molar-refractivity contribution < 1.29 is 4.79 Å². The third-order valence-electron chi connectivity index (χ3n) is 4.16. The van der Waals surface area contributed by atoms with Crippen LogP contribution in [0.2, 0.25) is 5.02 Å². The number of halogens is 1. The molecule has 2 heterocycles. The van der Waals surface area contributed by atoms with Crippen molar-refractivity contribution in [1.29, 1.82) is 0 Å². The van der Waals surface area contributed by atoms with Crippen LogP contribution in [-0.2, 0) is 6.54 Å². The fourth-order valence-electron chi connectivity index (χ4n) is 3.15. The quantitative estimate of drug-likeness (QED) is 0.615. The summed E-state index contributed by atoms with van der Waals surface area (Å²) in [5.41, 5.74) is 8.92. The second-order valence-electron chi connectivity index (χ2n) is 5.63. The zero-order valence-electron chi connectivity index (χ0n) is 12.7. The van der Waals surface area contributed by atoms with Crippen molar-refractivity contribution in [1.82, 2.24) is 9.55 Å². The predicted octanol–water partition coefficient (Wildman–Crippen LogP) is 3.99. The molecule has 2 aromatic heterocycles. The van der Waals surface area contributed by atoms with E-state index in [1.807, 2.05) is 48.5 Å². The minimum atomic E-state index is -0.438. The van der Waals surface area contributed by atoms with Gasteiger partial charge in [-0.3, -0.25) is 9.78 Å². The highest BCUT2D eigenvalue weighted by Gasteiger charge is 2.16. The maximum absolute atomic E-state index is 11.9. The summed E-state index contributed by atoms with van der Waals surface area (Å²) in [6, 6.07) is 17.1. The minimum absolute atomic E-state index is 0.438. The van der Waals surface area contributed by atoms with E-state index >= 15 is 0 Å². The van der Waals surface area contributed by atoms with Gasteiger partial charge in [-0.15, -0.1) is 0 Å². The maximum atomic E-state index is 11.9. The summed E-state index contributed by atoms with van der Waals surface area (Å²) in [5.74, 6) is -0.438. The third-order valence-corrected chi connectivity index (χ3v) is 4.40. The SMILES string of the molecule is NC(=O)c1cccc2c1c1ccc(Cl)cc1n2Cc1ccccn1. The largest absolute Gasteiger partial charge is 0.366 e. The Kier molecular flexibility index (Phi) is 3.47. The van der Waals surface area contributed by atoms with E-state index < -0.39 is 5.91 Å². The number of carbonyl (C=O) groups is 1. The summed E-state index contributed by atoms with van der Waals surface area (Å²) >= 11 is 6.20. The maximum Gasteiger partial charge on any atom is 0.249 e. The first-order chi connectivity index (χ1) is 11.6. The van der Waals surface area contributed by atoms with Gasteiger partial charge in [0.2, 0.25) is 5.91 Å². The first-order valence-electron chi connectivity index (χ1n) is 7.55. The van der Waals surface area contributed by atoms with Gasteiger partial charge in [-0.25, -0.2) is 0 Å². The van der Waals surface area contributed by atoms with Crippen LogP contribution in [0, 0.1) is 0 Å². The lowest BCUT2D eigenvalue weighted by atomic mass is 10.1. The van der Waals surface area contributed by atoms with Crippen LogP contribution in [0.1, 0.15) is 16.1 Å². The zero-order valence-corrected chi connectivity index (χ0v) is 13.5. The van der Waals surface area contributed by atoms with E-state index in [1.54, 1.807) is 12.3 Å². The van der Waals surface area contributed by atoms with Crippen LogP contribution < -0.4 is 5.73 Å². The van der Waals surface area contributed by atoms with Gasteiger partial charge >= 0.3 is 0 Å². The molecular weight excluding hydrogens is 322 g/mol. The zero-order chi connectivity index (χ0) is 16.7. The number of benzene rings is 2. The molecule has 0 unspecified atom stereocenters. The van der Waals surface area contributed by atoms with Crippen LogP contribution in [-0.4, -0.2) is 15.5 Å². The molecule has 0 spiro atoms. The number of hydrogen-bond acceptors (Lipinski definition) is 2. The van der Waals surface area contributed by atoms with E-state index in [0.717, 1.165) is 27.5 Å². The molecule has 4 nitrogen and oxygen atoms in total. The standard InChI is InChI=1S/C19H14ClN3O/c20-12-7-8-14-17(10-12)23(11-13-4-1-2-9-22-13)16-6-3-5-15(18(14)16)19(21)24/h1-10H,11H2,(H2,21,24). The lowest BCUT2D eigenvalue weighted by Gasteiger charge is -2.07. The molecule has 4 aromatic rings. The number of pyridine rings is 1. The first-order valence-corrected chi connectivity index (χ1v) is 7.93. The highest BCUT2D eigenvalue weighted by molar-refractivity contribution is 6.32. The summed E-state index contributed by atoms with van der Waals surface area (Å²) in [4.78, 5) is 16.3. The van der Waals surface area contributed by atoms with E-state index in [-0.39, 0.29) is 0 Å². The molecule has 0 aliphatic heterocycles. The van der Waals surface area contributed by atoms with Crippen molar-refractivity contribution in [3.05, 3.63) is 77.1 Å². The van der Waals surface area contributed by atoms with Crippen LogP contribution in [0.3, 0.4) is 0 Å². The van der Waals surface area contributed by atoms with Crippen molar-refractivity contribution >= 4 is 39.3 Å². The van der Waals surface area contributed by atoms with Gasteiger partial charge in [0.1, 0.15) is 0 Å². The van der Waals surface area contributed by atoms with E-state index in [4.69, 9.17) is 17.3 Å². The van der Waals surface area contributed by atoms with Crippen LogP contribution >= 0.6 is 11.6 Å². The van der Waals surface area contributed by atoms with E-state index in [2.05, 4.69) is 9.55 Å². The lowest BCUT2D eigenvalue weighted by Crippen LogP contribution is -2.11. The van der Waals surface area contributed by atoms with Gasteiger partial charge in [0, 0.05) is 27.6 Å². The summed E-state index contributed by atoms with van der Waals surface area (Å²) in [7, 11) is 0. The molecule has 0 fully saturated rings. The number of carbonyl (C=O) groups excluding carboxylic acids is 1. The number of nitrogens with zero attached hydrogens (tertiary/aromatic N) is 2. The molecule has 0 atom stereocenters. The van der Waals surface area contributed by atoms with Crippen molar-refractivity contribution in [2.24, 2.45) is 5.73 Å². The minimum Gasteiger partial charge on any atom is -0.366 e. The predicted molar refractivity (Wildman–Crippen MR) is 96.3 cm³/mol. The number of aromatic nitrogens is 2. The molecule has 0 aliphatic rings. The smallest absolute Gasteiger partial charge is 0.249 e. The van der Waals surface area contributed by atoms with E-state index in [0.29, 0.717) is 17.1 Å². The molecule has 5 heteroatoms. The van der Waals surface area contributed by atoms with Crippen molar-refractivity contribution in [2.75, 3.05) is 0 Å². The fraction of sp³-hybridized carbons (Fsp3) is 0.0526. The molecular formula is C19H14ClN3O. The molecule has 1 amide bonds. The fourth-order valence-corrected chi connectivity index (χ4v) is 3.31. The van der Waals surface area contributed by atoms with E-state index in [1.165, 1.54) is 0 Å².